The summed E-state index contributed by atoms with van der Waals surface area (Å²) < 4.78 is 28.9. The largest absolute Gasteiger partial charge is 0.465 e. The number of carbonyl (C=O) groups excluding carboxylic acids is 2. The minimum Gasteiger partial charge on any atom is -0.465 e. The highest BCUT2D eigenvalue weighted by Gasteiger charge is 2.20. The molecule has 21 heavy (non-hydrogen) atoms. The SMILES string of the molecule is CCCCOC(=O)CS(=O)(=O)c1ccc(C(=O)CC)cc1. The molecule has 1 aromatic rings. The van der Waals surface area contributed by atoms with Gasteiger partial charge in [-0.3, -0.25) is 9.59 Å². The lowest BCUT2D eigenvalue weighted by molar-refractivity contribution is -0.140. The number of sulfone groups is 1. The van der Waals surface area contributed by atoms with Crippen molar-refractivity contribution in [3.05, 3.63) is 29.8 Å². The lowest BCUT2D eigenvalue weighted by atomic mass is 10.1. The summed E-state index contributed by atoms with van der Waals surface area (Å²) in [6.07, 6.45) is 1.93. The van der Waals surface area contributed by atoms with Crippen LogP contribution in [0.1, 0.15) is 43.5 Å². The topological polar surface area (TPSA) is 77.5 Å². The zero-order chi connectivity index (χ0) is 15.9. The van der Waals surface area contributed by atoms with Gasteiger partial charge in [0.1, 0.15) is 0 Å². The van der Waals surface area contributed by atoms with Gasteiger partial charge in [-0.05, 0) is 18.6 Å². The molecule has 0 aliphatic carbocycles. The molecule has 0 aliphatic heterocycles. The van der Waals surface area contributed by atoms with Gasteiger partial charge in [-0.1, -0.05) is 32.4 Å². The number of benzene rings is 1. The quantitative estimate of drug-likeness (QED) is 0.418. The molecular weight excluding hydrogens is 292 g/mol. The first kappa shape index (κ1) is 17.4. The van der Waals surface area contributed by atoms with Gasteiger partial charge in [0, 0.05) is 12.0 Å². The number of hydrogen-bond acceptors (Lipinski definition) is 5. The van der Waals surface area contributed by atoms with Crippen molar-refractivity contribution in [3.63, 3.8) is 0 Å². The Morgan fingerprint density at radius 3 is 2.24 bits per heavy atom. The molecule has 0 unspecified atom stereocenters. The maximum atomic E-state index is 12.0. The van der Waals surface area contributed by atoms with Crippen molar-refractivity contribution in [3.8, 4) is 0 Å². The minimum absolute atomic E-state index is 0.0163. The third kappa shape index (κ3) is 5.30. The van der Waals surface area contributed by atoms with Gasteiger partial charge in [0.25, 0.3) is 0 Å². The lowest BCUT2D eigenvalue weighted by Crippen LogP contribution is -2.19. The summed E-state index contributed by atoms with van der Waals surface area (Å²) in [5.74, 6) is -1.49. The molecule has 0 N–H and O–H groups in total. The summed E-state index contributed by atoms with van der Waals surface area (Å²) >= 11 is 0. The van der Waals surface area contributed by atoms with E-state index in [0.717, 1.165) is 6.42 Å². The molecule has 0 bridgehead atoms. The molecule has 0 spiro atoms. The van der Waals surface area contributed by atoms with Crippen molar-refractivity contribution in [1.82, 2.24) is 0 Å². The monoisotopic (exact) mass is 312 g/mol. The molecule has 5 nitrogen and oxygen atoms in total. The second kappa shape index (κ2) is 7.93. The van der Waals surface area contributed by atoms with Crippen molar-refractivity contribution in [2.24, 2.45) is 0 Å². The van der Waals surface area contributed by atoms with E-state index in [4.69, 9.17) is 4.74 Å². The maximum Gasteiger partial charge on any atom is 0.321 e. The van der Waals surface area contributed by atoms with Crippen molar-refractivity contribution >= 4 is 21.6 Å². The summed E-state index contributed by atoms with van der Waals surface area (Å²) in [7, 11) is -3.73. The van der Waals surface area contributed by atoms with Crippen molar-refractivity contribution in [2.75, 3.05) is 12.4 Å². The Hall–Kier alpha value is -1.69. The fourth-order valence-electron chi connectivity index (χ4n) is 1.66. The Kier molecular flexibility index (Phi) is 6.55. The van der Waals surface area contributed by atoms with Crippen LogP contribution < -0.4 is 0 Å². The molecule has 0 fully saturated rings. The van der Waals surface area contributed by atoms with Gasteiger partial charge in [0.05, 0.1) is 11.5 Å². The van der Waals surface area contributed by atoms with Gasteiger partial charge in [-0.25, -0.2) is 8.42 Å². The van der Waals surface area contributed by atoms with E-state index in [9.17, 15) is 18.0 Å². The summed E-state index contributed by atoms with van der Waals surface area (Å²) in [5, 5.41) is 0. The van der Waals surface area contributed by atoms with Crippen LogP contribution in [0.2, 0.25) is 0 Å². The van der Waals surface area contributed by atoms with Crippen molar-refractivity contribution < 1.29 is 22.7 Å². The zero-order valence-electron chi connectivity index (χ0n) is 12.3. The van der Waals surface area contributed by atoms with Gasteiger partial charge in [-0.15, -0.1) is 0 Å². The van der Waals surface area contributed by atoms with Gasteiger partial charge >= 0.3 is 5.97 Å². The highest BCUT2D eigenvalue weighted by atomic mass is 32.2. The summed E-state index contributed by atoms with van der Waals surface area (Å²) in [6.45, 7) is 3.91. The first-order valence-corrected chi connectivity index (χ1v) is 8.57. The van der Waals surface area contributed by atoms with Crippen LogP contribution in [-0.4, -0.2) is 32.5 Å². The van der Waals surface area contributed by atoms with E-state index in [1.807, 2.05) is 6.92 Å². The molecule has 0 atom stereocenters. The van der Waals surface area contributed by atoms with Gasteiger partial charge in [-0.2, -0.15) is 0 Å². The number of Topliss-reactive ketones (excluding diaryl/α,β-unsaturated/α-hetero) is 1. The van der Waals surface area contributed by atoms with E-state index in [2.05, 4.69) is 0 Å². The average Bonchev–Trinajstić information content (AvgIpc) is 2.46. The van der Waals surface area contributed by atoms with Gasteiger partial charge < -0.3 is 4.74 Å². The number of rotatable bonds is 8. The summed E-state index contributed by atoms with van der Waals surface area (Å²) in [4.78, 5) is 23.0. The molecule has 1 aromatic carbocycles. The van der Waals surface area contributed by atoms with E-state index >= 15 is 0 Å². The van der Waals surface area contributed by atoms with E-state index < -0.39 is 21.6 Å². The van der Waals surface area contributed by atoms with E-state index in [-0.39, 0.29) is 17.3 Å². The molecule has 0 aliphatic rings. The second-order valence-electron chi connectivity index (χ2n) is 4.63. The third-order valence-corrected chi connectivity index (χ3v) is 4.53. The number of esters is 1. The number of ether oxygens (including phenoxy) is 1. The van der Waals surface area contributed by atoms with Crippen LogP contribution >= 0.6 is 0 Å². The minimum atomic E-state index is -3.73. The molecule has 1 rings (SSSR count). The molecule has 0 saturated carbocycles. The molecule has 116 valence electrons. The number of ketones is 1. The first-order chi connectivity index (χ1) is 9.90. The first-order valence-electron chi connectivity index (χ1n) is 6.92. The van der Waals surface area contributed by atoms with Crippen LogP contribution in [0.5, 0.6) is 0 Å². The molecule has 6 heteroatoms. The fourth-order valence-corrected chi connectivity index (χ4v) is 2.77. The Morgan fingerprint density at radius 2 is 1.71 bits per heavy atom. The van der Waals surface area contributed by atoms with Crippen molar-refractivity contribution in [1.29, 1.82) is 0 Å². The van der Waals surface area contributed by atoms with Crippen LogP contribution in [0.4, 0.5) is 0 Å². The molecular formula is C15H20O5S. The summed E-state index contributed by atoms with van der Waals surface area (Å²) in [6, 6.07) is 5.61. The Balaban J connectivity index is 2.74. The maximum absolute atomic E-state index is 12.0. The summed E-state index contributed by atoms with van der Waals surface area (Å²) in [5.41, 5.74) is 0.460. The average molecular weight is 312 g/mol. The molecule has 0 aromatic heterocycles. The van der Waals surface area contributed by atoms with Crippen LogP contribution in [-0.2, 0) is 19.4 Å². The number of unbranched alkanes of at least 4 members (excludes halogenated alkanes) is 1. The predicted molar refractivity (Wildman–Crippen MR) is 79.0 cm³/mol. The van der Waals surface area contributed by atoms with Gasteiger partial charge in [0.15, 0.2) is 21.4 Å². The Morgan fingerprint density at radius 1 is 1.10 bits per heavy atom. The highest BCUT2D eigenvalue weighted by Crippen LogP contribution is 2.14. The molecule has 0 heterocycles. The second-order valence-corrected chi connectivity index (χ2v) is 6.62. The van der Waals surface area contributed by atoms with Crippen LogP contribution in [0, 0.1) is 0 Å². The van der Waals surface area contributed by atoms with Gasteiger partial charge in [0.2, 0.25) is 0 Å². The van der Waals surface area contributed by atoms with Crippen LogP contribution in [0.15, 0.2) is 29.2 Å². The lowest BCUT2D eigenvalue weighted by Gasteiger charge is -2.06. The zero-order valence-corrected chi connectivity index (χ0v) is 13.1. The Bertz CT molecular complexity index is 587. The normalized spacial score (nSPS) is 11.1. The predicted octanol–water partition coefficient (Wildman–Crippen LogP) is 2.40. The fraction of sp³-hybridized carbons (Fsp3) is 0.467. The van der Waals surface area contributed by atoms with Crippen molar-refractivity contribution in [2.45, 2.75) is 38.0 Å². The molecule has 0 radical (unpaired) electrons. The van der Waals surface area contributed by atoms with E-state index in [1.54, 1.807) is 6.92 Å². The standard InChI is InChI=1S/C15H20O5S/c1-3-5-10-20-15(17)11-21(18,19)13-8-6-12(7-9-13)14(16)4-2/h6-9H,3-5,10-11H2,1-2H3. The number of hydrogen-bond donors (Lipinski definition) is 0. The van der Waals surface area contributed by atoms with E-state index in [0.29, 0.717) is 18.4 Å². The Labute approximate surface area is 125 Å². The third-order valence-electron chi connectivity index (χ3n) is 2.93. The highest BCUT2D eigenvalue weighted by molar-refractivity contribution is 7.92. The van der Waals surface area contributed by atoms with Crippen LogP contribution in [0.3, 0.4) is 0 Å². The smallest absolute Gasteiger partial charge is 0.321 e. The van der Waals surface area contributed by atoms with E-state index in [1.165, 1.54) is 24.3 Å². The number of carbonyl (C=O) groups is 2. The van der Waals surface area contributed by atoms with Crippen LogP contribution in [0.25, 0.3) is 0 Å². The molecule has 0 amide bonds. The molecule has 0 saturated heterocycles.